The van der Waals surface area contributed by atoms with Gasteiger partial charge in [0.15, 0.2) is 5.69 Å². The summed E-state index contributed by atoms with van der Waals surface area (Å²) < 4.78 is 39.7. The van der Waals surface area contributed by atoms with Crippen LogP contribution >= 0.6 is 11.3 Å². The van der Waals surface area contributed by atoms with Crippen molar-refractivity contribution in [3.05, 3.63) is 45.2 Å². The van der Waals surface area contributed by atoms with Crippen LogP contribution in [0.3, 0.4) is 0 Å². The van der Waals surface area contributed by atoms with E-state index in [4.69, 9.17) is 0 Å². The number of halogens is 3. The molecule has 0 fully saturated rings. The quantitative estimate of drug-likeness (QED) is 0.914. The van der Waals surface area contributed by atoms with Gasteiger partial charge in [0.25, 0.3) is 5.91 Å². The van der Waals surface area contributed by atoms with Crippen LogP contribution in [0.25, 0.3) is 0 Å². The van der Waals surface area contributed by atoms with E-state index in [0.29, 0.717) is 24.1 Å². The average molecular weight is 355 g/mol. The van der Waals surface area contributed by atoms with Crippen molar-refractivity contribution in [1.29, 1.82) is 0 Å². The van der Waals surface area contributed by atoms with Crippen LogP contribution in [-0.2, 0) is 25.4 Å². The highest BCUT2D eigenvalue weighted by Gasteiger charge is 2.37. The van der Waals surface area contributed by atoms with Gasteiger partial charge in [0.1, 0.15) is 5.82 Å². The first-order valence-corrected chi connectivity index (χ1v) is 8.65. The molecule has 3 rings (SSSR count). The Kier molecular flexibility index (Phi) is 4.84. The summed E-state index contributed by atoms with van der Waals surface area (Å²) in [4.78, 5) is 19.8. The number of nitrogens with zero attached hydrogens (tertiary/aromatic N) is 2. The second-order valence-electron chi connectivity index (χ2n) is 5.64. The Balaban J connectivity index is 1.73. The minimum absolute atomic E-state index is 0.133. The number of fused-ring (bicyclic) bond motifs is 1. The summed E-state index contributed by atoms with van der Waals surface area (Å²) in [5, 5.41) is 6.18. The second kappa shape index (κ2) is 6.88. The maximum atomic E-state index is 13.2. The molecule has 1 amide bonds. The van der Waals surface area contributed by atoms with Gasteiger partial charge < -0.3 is 5.32 Å². The normalized spacial score (nSPS) is 14.3. The van der Waals surface area contributed by atoms with Crippen LogP contribution in [0.4, 0.5) is 13.2 Å². The van der Waals surface area contributed by atoms with Crippen LogP contribution in [0.5, 0.6) is 0 Å². The van der Waals surface area contributed by atoms with Crippen molar-refractivity contribution in [2.75, 3.05) is 6.54 Å². The van der Waals surface area contributed by atoms with E-state index in [1.165, 1.54) is 11.3 Å². The lowest BCUT2D eigenvalue weighted by molar-refractivity contribution is -0.142. The standard InChI is InChI=1S/C16H16F3N3OS/c17-16(18,19)14-11-3-1-2-4-12(11)21-13(22-14)5-7-20-15(23)10-6-8-24-9-10/h6,8-9H,1-5,7H2,(H,20,23). The molecule has 0 bridgehead atoms. The number of alkyl halides is 3. The Morgan fingerprint density at radius 3 is 2.75 bits per heavy atom. The molecular weight excluding hydrogens is 339 g/mol. The van der Waals surface area contributed by atoms with Crippen LogP contribution in [0.15, 0.2) is 16.8 Å². The van der Waals surface area contributed by atoms with Crippen molar-refractivity contribution >= 4 is 17.2 Å². The smallest absolute Gasteiger partial charge is 0.352 e. The van der Waals surface area contributed by atoms with Crippen molar-refractivity contribution in [1.82, 2.24) is 15.3 Å². The summed E-state index contributed by atoms with van der Waals surface area (Å²) in [6.07, 6.45) is -1.80. The predicted molar refractivity (Wildman–Crippen MR) is 84.0 cm³/mol. The Morgan fingerprint density at radius 1 is 1.25 bits per heavy atom. The molecule has 1 N–H and O–H groups in total. The molecule has 0 saturated carbocycles. The maximum Gasteiger partial charge on any atom is 0.433 e. The molecule has 0 unspecified atom stereocenters. The highest BCUT2D eigenvalue weighted by molar-refractivity contribution is 7.08. The van der Waals surface area contributed by atoms with Crippen molar-refractivity contribution in [3.8, 4) is 0 Å². The van der Waals surface area contributed by atoms with Crippen molar-refractivity contribution in [3.63, 3.8) is 0 Å². The first kappa shape index (κ1) is 16.9. The molecule has 1 aliphatic carbocycles. The summed E-state index contributed by atoms with van der Waals surface area (Å²) >= 11 is 1.41. The number of carbonyl (C=O) groups is 1. The van der Waals surface area contributed by atoms with Crippen LogP contribution in [0, 0.1) is 0 Å². The summed E-state index contributed by atoms with van der Waals surface area (Å²) in [5.41, 5.74) is 0.469. The molecule has 4 nitrogen and oxygen atoms in total. The van der Waals surface area contributed by atoms with Gasteiger partial charge in [-0.2, -0.15) is 24.5 Å². The summed E-state index contributed by atoms with van der Waals surface area (Å²) in [6.45, 7) is 0.199. The first-order chi connectivity index (χ1) is 11.4. The van der Waals surface area contributed by atoms with E-state index in [9.17, 15) is 18.0 Å². The highest BCUT2D eigenvalue weighted by atomic mass is 32.1. The number of nitrogens with one attached hydrogen (secondary N) is 1. The molecule has 2 aromatic heterocycles. The van der Waals surface area contributed by atoms with Crippen molar-refractivity contribution < 1.29 is 18.0 Å². The Labute approximate surface area is 141 Å². The van der Waals surface area contributed by atoms with E-state index in [1.54, 1.807) is 16.8 Å². The van der Waals surface area contributed by atoms with E-state index in [-0.39, 0.29) is 30.3 Å². The number of aromatic nitrogens is 2. The molecule has 0 aromatic carbocycles. The van der Waals surface area contributed by atoms with E-state index in [0.717, 1.165) is 12.8 Å². The zero-order valence-corrected chi connectivity index (χ0v) is 13.6. The Bertz CT molecular complexity index is 729. The van der Waals surface area contributed by atoms with Gasteiger partial charge in [-0.25, -0.2) is 9.97 Å². The second-order valence-corrected chi connectivity index (χ2v) is 6.42. The zero-order chi connectivity index (χ0) is 17.2. The van der Waals surface area contributed by atoms with Crippen LogP contribution in [0.2, 0.25) is 0 Å². The van der Waals surface area contributed by atoms with Crippen LogP contribution < -0.4 is 5.32 Å². The van der Waals surface area contributed by atoms with Crippen LogP contribution in [-0.4, -0.2) is 22.4 Å². The third-order valence-electron chi connectivity index (χ3n) is 3.92. The predicted octanol–water partition coefficient (Wildman–Crippen LogP) is 3.41. The van der Waals surface area contributed by atoms with Crippen molar-refractivity contribution in [2.24, 2.45) is 0 Å². The van der Waals surface area contributed by atoms with Gasteiger partial charge in [0.05, 0.1) is 0 Å². The molecule has 2 heterocycles. The number of aryl methyl sites for hydroxylation is 1. The third-order valence-corrected chi connectivity index (χ3v) is 4.60. The molecule has 0 atom stereocenters. The van der Waals surface area contributed by atoms with Gasteiger partial charge >= 0.3 is 6.18 Å². The molecule has 128 valence electrons. The lowest BCUT2D eigenvalue weighted by Gasteiger charge is -2.20. The molecule has 8 heteroatoms. The summed E-state index contributed by atoms with van der Waals surface area (Å²) in [7, 11) is 0. The molecule has 0 saturated heterocycles. The SMILES string of the molecule is O=C(NCCc1nc2c(c(C(F)(F)F)n1)CCCC2)c1ccsc1. The van der Waals surface area contributed by atoms with E-state index >= 15 is 0 Å². The van der Waals surface area contributed by atoms with Crippen LogP contribution in [0.1, 0.15) is 46.0 Å². The molecule has 2 aromatic rings. The van der Waals surface area contributed by atoms with E-state index in [2.05, 4.69) is 15.3 Å². The average Bonchev–Trinajstić information content (AvgIpc) is 3.07. The Hall–Kier alpha value is -1.96. The fraction of sp³-hybridized carbons (Fsp3) is 0.438. The van der Waals surface area contributed by atoms with Crippen molar-refractivity contribution in [2.45, 2.75) is 38.3 Å². The summed E-state index contributed by atoms with van der Waals surface area (Å²) in [5.74, 6) is -0.112. The molecule has 1 aliphatic rings. The summed E-state index contributed by atoms with van der Waals surface area (Å²) in [6, 6.07) is 1.69. The largest absolute Gasteiger partial charge is 0.433 e. The number of hydrogen-bond donors (Lipinski definition) is 1. The third kappa shape index (κ3) is 3.75. The molecule has 24 heavy (non-hydrogen) atoms. The number of rotatable bonds is 4. The lowest BCUT2D eigenvalue weighted by Crippen LogP contribution is -2.27. The minimum atomic E-state index is -4.47. The molecule has 0 radical (unpaired) electrons. The van der Waals surface area contributed by atoms with Gasteiger partial charge in [-0.15, -0.1) is 0 Å². The number of hydrogen-bond acceptors (Lipinski definition) is 4. The van der Waals surface area contributed by atoms with E-state index in [1.807, 2.05) is 0 Å². The van der Waals surface area contributed by atoms with Gasteiger partial charge in [-0.3, -0.25) is 4.79 Å². The van der Waals surface area contributed by atoms with Gasteiger partial charge in [-0.1, -0.05) is 0 Å². The molecule has 0 spiro atoms. The molecule has 0 aliphatic heterocycles. The van der Waals surface area contributed by atoms with Gasteiger partial charge in [0.2, 0.25) is 0 Å². The number of thiophene rings is 1. The Morgan fingerprint density at radius 2 is 2.04 bits per heavy atom. The van der Waals surface area contributed by atoms with E-state index < -0.39 is 11.9 Å². The monoisotopic (exact) mass is 355 g/mol. The topological polar surface area (TPSA) is 54.9 Å². The highest BCUT2D eigenvalue weighted by Crippen LogP contribution is 2.34. The maximum absolute atomic E-state index is 13.2. The first-order valence-electron chi connectivity index (χ1n) is 7.71. The lowest BCUT2D eigenvalue weighted by atomic mass is 9.94. The fourth-order valence-corrected chi connectivity index (χ4v) is 3.41. The number of amides is 1. The zero-order valence-electron chi connectivity index (χ0n) is 12.8. The molecular formula is C16H16F3N3OS. The number of carbonyl (C=O) groups excluding carboxylic acids is 1. The van der Waals surface area contributed by atoms with Gasteiger partial charge in [-0.05, 0) is 37.1 Å². The fourth-order valence-electron chi connectivity index (χ4n) is 2.78. The van der Waals surface area contributed by atoms with Gasteiger partial charge in [0, 0.05) is 35.2 Å². The minimum Gasteiger partial charge on any atom is -0.352 e.